The molecular formula is C17H21FN2O2. The van der Waals surface area contributed by atoms with Crippen molar-refractivity contribution in [3.8, 4) is 0 Å². The van der Waals surface area contributed by atoms with Crippen molar-refractivity contribution in [2.75, 3.05) is 26.2 Å². The minimum atomic E-state index is -0.301. The molecule has 0 spiro atoms. The van der Waals surface area contributed by atoms with Gasteiger partial charge in [-0.1, -0.05) is 11.2 Å². The van der Waals surface area contributed by atoms with Crippen molar-refractivity contribution in [1.29, 1.82) is 0 Å². The summed E-state index contributed by atoms with van der Waals surface area (Å²) in [6.07, 6.45) is 3.80. The van der Waals surface area contributed by atoms with E-state index < -0.39 is 0 Å². The Labute approximate surface area is 129 Å². The van der Waals surface area contributed by atoms with E-state index in [-0.39, 0.29) is 18.3 Å². The van der Waals surface area contributed by atoms with Crippen LogP contribution in [0, 0.1) is 11.7 Å². The van der Waals surface area contributed by atoms with Gasteiger partial charge in [0.25, 0.3) is 0 Å². The molecule has 1 unspecified atom stereocenters. The van der Waals surface area contributed by atoms with Crippen LogP contribution in [-0.4, -0.2) is 41.4 Å². The lowest BCUT2D eigenvalue weighted by Crippen LogP contribution is -2.37. The predicted octanol–water partition coefficient (Wildman–Crippen LogP) is 2.94. The molecule has 1 aromatic heterocycles. The lowest BCUT2D eigenvalue weighted by molar-refractivity contribution is 0.159. The van der Waals surface area contributed by atoms with Crippen LogP contribution in [0.2, 0.25) is 0 Å². The molecule has 118 valence electrons. The predicted molar refractivity (Wildman–Crippen MR) is 83.2 cm³/mol. The quantitative estimate of drug-likeness (QED) is 0.863. The molecule has 0 amide bonds. The van der Waals surface area contributed by atoms with E-state index in [4.69, 9.17) is 4.52 Å². The number of aromatic nitrogens is 1. The second kappa shape index (κ2) is 6.58. The molecule has 22 heavy (non-hydrogen) atoms. The van der Waals surface area contributed by atoms with Crippen LogP contribution in [0.15, 0.2) is 35.4 Å². The summed E-state index contributed by atoms with van der Waals surface area (Å²) in [7, 11) is 0. The van der Waals surface area contributed by atoms with Crippen molar-refractivity contribution in [2.24, 2.45) is 5.92 Å². The standard InChI is InChI=1S/C17H21FN2O2/c1-2-12(11-21)10-20-7-5-13(6-8-20)17-15-4-3-14(18)9-16(15)22-19-17/h2-4,9,12-13,21H,1,5-8,10-11H2. The molecular weight excluding hydrogens is 283 g/mol. The van der Waals surface area contributed by atoms with Crippen LogP contribution in [0.5, 0.6) is 0 Å². The van der Waals surface area contributed by atoms with Crippen LogP contribution >= 0.6 is 0 Å². The van der Waals surface area contributed by atoms with E-state index in [0.717, 1.165) is 43.6 Å². The van der Waals surface area contributed by atoms with Gasteiger partial charge in [0.2, 0.25) is 0 Å². The molecule has 1 aliphatic rings. The first kappa shape index (κ1) is 15.2. The molecule has 0 radical (unpaired) electrons. The Balaban J connectivity index is 1.66. The molecule has 0 bridgehead atoms. The minimum Gasteiger partial charge on any atom is -0.396 e. The third-order valence-electron chi connectivity index (χ3n) is 4.50. The smallest absolute Gasteiger partial charge is 0.170 e. The zero-order valence-electron chi connectivity index (χ0n) is 12.5. The lowest BCUT2D eigenvalue weighted by Gasteiger charge is -2.32. The lowest BCUT2D eigenvalue weighted by atomic mass is 9.91. The number of hydrogen-bond donors (Lipinski definition) is 1. The molecule has 1 fully saturated rings. The molecule has 2 aromatic rings. The summed E-state index contributed by atoms with van der Waals surface area (Å²) in [5, 5.41) is 14.3. The van der Waals surface area contributed by atoms with Gasteiger partial charge in [0.1, 0.15) is 5.82 Å². The Bertz CT molecular complexity index is 647. The third-order valence-corrected chi connectivity index (χ3v) is 4.50. The van der Waals surface area contributed by atoms with Crippen molar-refractivity contribution in [2.45, 2.75) is 18.8 Å². The molecule has 3 rings (SSSR count). The Morgan fingerprint density at radius 3 is 2.91 bits per heavy atom. The second-order valence-corrected chi connectivity index (χ2v) is 5.96. The zero-order valence-corrected chi connectivity index (χ0v) is 12.5. The highest BCUT2D eigenvalue weighted by atomic mass is 19.1. The first-order chi connectivity index (χ1) is 10.7. The van der Waals surface area contributed by atoms with E-state index in [1.54, 1.807) is 6.07 Å². The third kappa shape index (κ3) is 3.05. The van der Waals surface area contributed by atoms with E-state index in [0.29, 0.717) is 11.5 Å². The van der Waals surface area contributed by atoms with Gasteiger partial charge in [0.15, 0.2) is 5.58 Å². The van der Waals surface area contributed by atoms with Gasteiger partial charge in [-0.3, -0.25) is 0 Å². The van der Waals surface area contributed by atoms with Gasteiger partial charge in [-0.15, -0.1) is 6.58 Å². The maximum atomic E-state index is 13.2. The molecule has 1 aromatic carbocycles. The van der Waals surface area contributed by atoms with Crippen molar-refractivity contribution < 1.29 is 14.0 Å². The van der Waals surface area contributed by atoms with Crippen LogP contribution in [-0.2, 0) is 0 Å². The molecule has 2 heterocycles. The van der Waals surface area contributed by atoms with Crippen LogP contribution < -0.4 is 0 Å². The molecule has 1 saturated heterocycles. The summed E-state index contributed by atoms with van der Waals surface area (Å²) in [4.78, 5) is 2.35. The Morgan fingerprint density at radius 2 is 2.23 bits per heavy atom. The van der Waals surface area contributed by atoms with Gasteiger partial charge in [-0.2, -0.15) is 0 Å². The summed E-state index contributed by atoms with van der Waals surface area (Å²) in [5.41, 5.74) is 1.46. The highest BCUT2D eigenvalue weighted by Gasteiger charge is 2.25. The average Bonchev–Trinajstić information content (AvgIpc) is 2.96. The van der Waals surface area contributed by atoms with Crippen molar-refractivity contribution in [1.82, 2.24) is 10.1 Å². The summed E-state index contributed by atoms with van der Waals surface area (Å²) >= 11 is 0. The van der Waals surface area contributed by atoms with Gasteiger partial charge >= 0.3 is 0 Å². The SMILES string of the molecule is C=CC(CO)CN1CCC(c2noc3cc(F)ccc23)CC1. The number of halogens is 1. The van der Waals surface area contributed by atoms with E-state index in [2.05, 4.69) is 16.6 Å². The first-order valence-electron chi connectivity index (χ1n) is 7.72. The van der Waals surface area contributed by atoms with E-state index in [1.165, 1.54) is 12.1 Å². The molecule has 5 heteroatoms. The van der Waals surface area contributed by atoms with Crippen molar-refractivity contribution >= 4 is 11.0 Å². The van der Waals surface area contributed by atoms with Crippen LogP contribution in [0.1, 0.15) is 24.5 Å². The number of rotatable bonds is 5. The zero-order chi connectivity index (χ0) is 15.5. The summed E-state index contributed by atoms with van der Waals surface area (Å²) in [6.45, 7) is 6.67. The number of hydrogen-bond acceptors (Lipinski definition) is 4. The summed E-state index contributed by atoms with van der Waals surface area (Å²) < 4.78 is 18.5. The van der Waals surface area contributed by atoms with E-state index >= 15 is 0 Å². The summed E-state index contributed by atoms with van der Waals surface area (Å²) in [5.74, 6) is 0.177. The number of aliphatic hydroxyl groups is 1. The minimum absolute atomic E-state index is 0.132. The highest BCUT2D eigenvalue weighted by Crippen LogP contribution is 2.32. The van der Waals surface area contributed by atoms with Crippen LogP contribution in [0.25, 0.3) is 11.0 Å². The van der Waals surface area contributed by atoms with Gasteiger partial charge in [-0.05, 0) is 38.1 Å². The van der Waals surface area contributed by atoms with E-state index in [9.17, 15) is 9.50 Å². The topological polar surface area (TPSA) is 49.5 Å². The Kier molecular flexibility index (Phi) is 4.55. The maximum absolute atomic E-state index is 13.2. The molecule has 0 saturated carbocycles. The first-order valence-corrected chi connectivity index (χ1v) is 7.72. The van der Waals surface area contributed by atoms with E-state index in [1.807, 2.05) is 6.08 Å². The number of nitrogens with zero attached hydrogens (tertiary/aromatic N) is 2. The Morgan fingerprint density at radius 1 is 1.45 bits per heavy atom. The number of benzene rings is 1. The van der Waals surface area contributed by atoms with Gasteiger partial charge in [0.05, 0.1) is 12.3 Å². The maximum Gasteiger partial charge on any atom is 0.170 e. The number of likely N-dealkylation sites (tertiary alicyclic amines) is 1. The van der Waals surface area contributed by atoms with Gasteiger partial charge in [0, 0.05) is 29.8 Å². The van der Waals surface area contributed by atoms with Crippen molar-refractivity contribution in [3.63, 3.8) is 0 Å². The average molecular weight is 304 g/mol. The molecule has 1 N–H and O–H groups in total. The second-order valence-electron chi connectivity index (χ2n) is 5.96. The molecule has 1 aliphatic heterocycles. The fraction of sp³-hybridized carbons (Fsp3) is 0.471. The Hall–Kier alpha value is -1.72. The molecule has 0 aliphatic carbocycles. The largest absolute Gasteiger partial charge is 0.396 e. The fourth-order valence-corrected chi connectivity index (χ4v) is 3.15. The molecule has 1 atom stereocenters. The van der Waals surface area contributed by atoms with Crippen molar-refractivity contribution in [3.05, 3.63) is 42.4 Å². The highest BCUT2D eigenvalue weighted by molar-refractivity contribution is 5.79. The number of aliphatic hydroxyl groups excluding tert-OH is 1. The summed E-state index contributed by atoms with van der Waals surface area (Å²) in [6, 6.07) is 4.59. The monoisotopic (exact) mass is 304 g/mol. The van der Waals surface area contributed by atoms with Crippen LogP contribution in [0.3, 0.4) is 0 Å². The number of fused-ring (bicyclic) bond motifs is 1. The normalized spacial score (nSPS) is 18.6. The number of piperidine rings is 1. The molecule has 4 nitrogen and oxygen atoms in total. The van der Waals surface area contributed by atoms with Gasteiger partial charge in [-0.25, -0.2) is 4.39 Å². The fourth-order valence-electron chi connectivity index (χ4n) is 3.15. The van der Waals surface area contributed by atoms with Crippen LogP contribution in [0.4, 0.5) is 4.39 Å². The van der Waals surface area contributed by atoms with Gasteiger partial charge < -0.3 is 14.5 Å².